The van der Waals surface area contributed by atoms with Gasteiger partial charge in [-0.3, -0.25) is 4.79 Å². The van der Waals surface area contributed by atoms with Crippen molar-refractivity contribution < 1.29 is 13.8 Å². The van der Waals surface area contributed by atoms with Crippen LogP contribution in [0.15, 0.2) is 12.7 Å². The van der Waals surface area contributed by atoms with Crippen molar-refractivity contribution in [3.8, 4) is 0 Å². The molecule has 0 saturated heterocycles. The van der Waals surface area contributed by atoms with E-state index in [1.165, 1.54) is 0 Å². The van der Waals surface area contributed by atoms with E-state index in [1.54, 1.807) is 0 Å². The van der Waals surface area contributed by atoms with Crippen LogP contribution in [-0.2, 0) is 13.8 Å². The van der Waals surface area contributed by atoms with Crippen molar-refractivity contribution in [2.45, 2.75) is 66.9 Å². The SMILES string of the molecule is C=CC[C@H](C)CC(C)(C)[C@@H](C)C(=O)C(C)(C)[C@@H](CCOP)OP. The molecule has 0 rings (SSSR count). The van der Waals surface area contributed by atoms with Crippen molar-refractivity contribution >= 4 is 24.7 Å². The van der Waals surface area contributed by atoms with Crippen LogP contribution in [-0.4, -0.2) is 18.5 Å². The zero-order valence-electron chi connectivity index (χ0n) is 15.7. The van der Waals surface area contributed by atoms with Gasteiger partial charge in [-0.25, -0.2) is 0 Å². The van der Waals surface area contributed by atoms with Gasteiger partial charge in [-0.05, 0) is 30.6 Å². The minimum absolute atomic E-state index is 0.0377. The fourth-order valence-electron chi connectivity index (χ4n) is 3.29. The second-order valence-electron chi connectivity index (χ2n) is 7.91. The lowest BCUT2D eigenvalue weighted by Gasteiger charge is -2.40. The number of allylic oxidation sites excluding steroid dienone is 1. The second-order valence-corrected chi connectivity index (χ2v) is 8.52. The summed E-state index contributed by atoms with van der Waals surface area (Å²) in [6.45, 7) is 17.0. The monoisotopic (exact) mass is 362 g/mol. The predicted molar refractivity (Wildman–Crippen MR) is 105 cm³/mol. The van der Waals surface area contributed by atoms with Crippen molar-refractivity contribution in [2.24, 2.45) is 22.7 Å². The number of ketones is 1. The average Bonchev–Trinajstić information content (AvgIpc) is 2.45. The van der Waals surface area contributed by atoms with Crippen LogP contribution in [0.1, 0.15) is 60.8 Å². The van der Waals surface area contributed by atoms with E-state index >= 15 is 0 Å². The van der Waals surface area contributed by atoms with Gasteiger partial charge in [0, 0.05) is 24.9 Å². The maximum Gasteiger partial charge on any atom is 0.144 e. The molecule has 0 aromatic carbocycles. The van der Waals surface area contributed by atoms with E-state index in [2.05, 4.69) is 53.2 Å². The molecule has 5 heteroatoms. The Balaban J connectivity index is 5.11. The van der Waals surface area contributed by atoms with Crippen LogP contribution < -0.4 is 0 Å². The van der Waals surface area contributed by atoms with Crippen molar-refractivity contribution in [1.29, 1.82) is 0 Å². The van der Waals surface area contributed by atoms with Crippen molar-refractivity contribution in [3.05, 3.63) is 12.7 Å². The van der Waals surface area contributed by atoms with Crippen LogP contribution in [0.25, 0.3) is 0 Å². The van der Waals surface area contributed by atoms with Crippen LogP contribution in [0.3, 0.4) is 0 Å². The predicted octanol–water partition coefficient (Wildman–Crippen LogP) is 5.22. The van der Waals surface area contributed by atoms with Crippen LogP contribution in [0, 0.1) is 22.7 Å². The molecule has 0 heterocycles. The summed E-state index contributed by atoms with van der Waals surface area (Å²) >= 11 is 0. The van der Waals surface area contributed by atoms with E-state index in [1.807, 2.05) is 19.9 Å². The first-order chi connectivity index (χ1) is 10.5. The van der Waals surface area contributed by atoms with Gasteiger partial charge in [0.2, 0.25) is 0 Å². The largest absolute Gasteiger partial charge is 0.366 e. The van der Waals surface area contributed by atoms with Crippen LogP contribution in [0.2, 0.25) is 0 Å². The second kappa shape index (κ2) is 10.2. The van der Waals surface area contributed by atoms with Crippen molar-refractivity contribution in [2.75, 3.05) is 6.61 Å². The summed E-state index contributed by atoms with van der Waals surface area (Å²) in [5.41, 5.74) is -0.609. The quantitative estimate of drug-likeness (QED) is 0.353. The lowest BCUT2D eigenvalue weighted by atomic mass is 9.65. The maximum atomic E-state index is 13.2. The Morgan fingerprint density at radius 1 is 1.22 bits per heavy atom. The number of Topliss-reactive ketones (excluding diaryl/α,β-unsaturated/α-hetero) is 1. The number of rotatable bonds is 12. The number of hydrogen-bond donors (Lipinski definition) is 0. The number of hydrogen-bond acceptors (Lipinski definition) is 3. The van der Waals surface area contributed by atoms with Crippen LogP contribution in [0.4, 0.5) is 0 Å². The first kappa shape index (κ1) is 23.2. The Hall–Kier alpha value is 0.190. The minimum Gasteiger partial charge on any atom is -0.366 e. The highest BCUT2D eigenvalue weighted by Crippen LogP contribution is 2.41. The first-order valence-corrected chi connectivity index (χ1v) is 9.31. The van der Waals surface area contributed by atoms with Gasteiger partial charge in [-0.15, -0.1) is 6.58 Å². The molecule has 0 bridgehead atoms. The fourth-order valence-corrected chi connectivity index (χ4v) is 3.90. The average molecular weight is 362 g/mol. The topological polar surface area (TPSA) is 35.5 Å². The van der Waals surface area contributed by atoms with Crippen molar-refractivity contribution in [3.63, 3.8) is 0 Å². The van der Waals surface area contributed by atoms with Gasteiger partial charge in [0.05, 0.1) is 18.1 Å². The highest BCUT2D eigenvalue weighted by atomic mass is 31.0. The van der Waals surface area contributed by atoms with Crippen LogP contribution >= 0.6 is 18.9 Å². The summed E-state index contributed by atoms with van der Waals surface area (Å²) < 4.78 is 10.6. The normalized spacial score (nSPS) is 16.7. The minimum atomic E-state index is -0.552. The Morgan fingerprint density at radius 3 is 2.22 bits per heavy atom. The molecule has 0 aromatic rings. The zero-order valence-corrected chi connectivity index (χ0v) is 18.0. The molecule has 0 amide bonds. The lowest BCUT2D eigenvalue weighted by Crippen LogP contribution is -2.45. The Morgan fingerprint density at radius 2 is 1.78 bits per heavy atom. The molecule has 0 saturated carbocycles. The summed E-state index contributed by atoms with van der Waals surface area (Å²) in [6.07, 6.45) is 4.45. The summed E-state index contributed by atoms with van der Waals surface area (Å²) in [4.78, 5) is 13.2. The molecule has 3 nitrogen and oxygen atoms in total. The Kier molecular flexibility index (Phi) is 10.3. The van der Waals surface area contributed by atoms with E-state index in [4.69, 9.17) is 9.05 Å². The molecule has 0 aliphatic carbocycles. The summed E-state index contributed by atoms with van der Waals surface area (Å²) in [6, 6.07) is 0. The molecule has 0 N–H and O–H groups in total. The molecule has 2 unspecified atom stereocenters. The molecular formula is C18H36O3P2. The molecule has 5 atom stereocenters. The third kappa shape index (κ3) is 6.91. The van der Waals surface area contributed by atoms with Gasteiger partial charge < -0.3 is 9.05 Å². The van der Waals surface area contributed by atoms with Crippen molar-refractivity contribution in [1.82, 2.24) is 0 Å². The summed E-state index contributed by atoms with van der Waals surface area (Å²) in [5.74, 6) is 0.744. The van der Waals surface area contributed by atoms with Crippen LogP contribution in [0.5, 0.6) is 0 Å². The number of carbonyl (C=O) groups excluding carboxylic acids is 1. The summed E-state index contributed by atoms with van der Waals surface area (Å²) in [5, 5.41) is 0. The highest BCUT2D eigenvalue weighted by Gasteiger charge is 2.43. The van der Waals surface area contributed by atoms with E-state index in [0.717, 1.165) is 12.8 Å². The van der Waals surface area contributed by atoms with Gasteiger partial charge in [0.1, 0.15) is 5.78 Å². The standard InChI is InChI=1S/C18H36O3P2/c1-8-9-13(2)12-17(4,5)14(3)16(19)18(6,7)15(21-23)10-11-20-22/h8,13-15H,1,9-12,22-23H2,2-7H3/t13-,14-,15+/m0/s1. The smallest absolute Gasteiger partial charge is 0.144 e. The molecule has 23 heavy (non-hydrogen) atoms. The summed E-state index contributed by atoms with van der Waals surface area (Å²) in [7, 11) is 4.54. The Bertz CT molecular complexity index is 380. The van der Waals surface area contributed by atoms with Gasteiger partial charge in [-0.1, -0.05) is 47.6 Å². The first-order valence-electron chi connectivity index (χ1n) is 8.37. The van der Waals surface area contributed by atoms with E-state index in [0.29, 0.717) is 18.9 Å². The third-order valence-corrected chi connectivity index (χ3v) is 5.68. The van der Waals surface area contributed by atoms with E-state index in [9.17, 15) is 4.79 Å². The molecule has 0 aliphatic heterocycles. The van der Waals surface area contributed by atoms with E-state index < -0.39 is 5.41 Å². The molecule has 0 spiro atoms. The Labute approximate surface area is 147 Å². The maximum absolute atomic E-state index is 13.2. The molecule has 136 valence electrons. The number of carbonyl (C=O) groups is 1. The fraction of sp³-hybridized carbons (Fsp3) is 0.833. The van der Waals surface area contributed by atoms with Gasteiger partial charge in [0.25, 0.3) is 0 Å². The highest BCUT2D eigenvalue weighted by molar-refractivity contribution is 7.10. The van der Waals surface area contributed by atoms with Gasteiger partial charge in [-0.2, -0.15) is 0 Å². The molecule has 0 radical (unpaired) electrons. The molecule has 0 fully saturated rings. The van der Waals surface area contributed by atoms with Gasteiger partial charge >= 0.3 is 0 Å². The zero-order chi connectivity index (χ0) is 18.3. The molecule has 0 aromatic heterocycles. The lowest BCUT2D eigenvalue weighted by molar-refractivity contribution is -0.139. The van der Waals surface area contributed by atoms with E-state index in [-0.39, 0.29) is 23.2 Å². The molecular weight excluding hydrogens is 326 g/mol. The third-order valence-electron chi connectivity index (χ3n) is 5.11. The molecule has 0 aliphatic rings. The van der Waals surface area contributed by atoms with Gasteiger partial charge in [0.15, 0.2) is 0 Å².